The summed E-state index contributed by atoms with van der Waals surface area (Å²) in [5.74, 6) is -0.554. The topological polar surface area (TPSA) is 87.7 Å². The third-order valence-corrected chi connectivity index (χ3v) is 4.16. The van der Waals surface area contributed by atoms with Crippen LogP contribution in [0.1, 0.15) is 20.3 Å². The van der Waals surface area contributed by atoms with Gasteiger partial charge in [-0.15, -0.1) is 0 Å². The van der Waals surface area contributed by atoms with Gasteiger partial charge in [0, 0.05) is 5.69 Å². The molecule has 0 aromatic heterocycles. The van der Waals surface area contributed by atoms with Crippen LogP contribution < -0.4 is 20.3 Å². The van der Waals surface area contributed by atoms with Crippen molar-refractivity contribution >= 4 is 29.2 Å². The maximum Gasteiger partial charge on any atom is 0.329 e. The zero-order valence-corrected chi connectivity index (χ0v) is 15.5. The average molecular weight is 385 g/mol. The number of halogens is 1. The molecule has 0 spiro atoms. The van der Waals surface area contributed by atoms with Gasteiger partial charge in [0.1, 0.15) is 17.1 Å². The van der Waals surface area contributed by atoms with E-state index < -0.39 is 11.6 Å². The van der Waals surface area contributed by atoms with Crippen LogP contribution in [0.2, 0.25) is 0 Å². The highest BCUT2D eigenvalue weighted by molar-refractivity contribution is 6.23. The Kier molecular flexibility index (Phi) is 5.30. The Morgan fingerprint density at radius 1 is 1.18 bits per heavy atom. The quantitative estimate of drug-likeness (QED) is 0.748. The molecule has 1 aliphatic heterocycles. The fourth-order valence-corrected chi connectivity index (χ4v) is 2.72. The number of carbonyl (C=O) groups is 3. The maximum absolute atomic E-state index is 12.8. The molecule has 0 saturated carbocycles. The number of urea groups is 1. The summed E-state index contributed by atoms with van der Waals surface area (Å²) in [5, 5.41) is 5.31. The first-order valence-corrected chi connectivity index (χ1v) is 8.71. The van der Waals surface area contributed by atoms with Crippen LogP contribution in [-0.4, -0.2) is 30.0 Å². The Morgan fingerprint density at radius 2 is 1.89 bits per heavy atom. The highest BCUT2D eigenvalue weighted by Crippen LogP contribution is 2.26. The number of hydrogen-bond donors (Lipinski definition) is 2. The molecule has 0 aliphatic carbocycles. The molecule has 28 heavy (non-hydrogen) atoms. The standard InChI is InChI=1S/C20H20FN3O4/c1-20(2)18(26)24(19(27)23-20)15-5-3-4-14(12-15)22-17(25)10-11-28-16-8-6-13(21)7-9-16/h3-9,12H,10-11H2,1-2H3,(H,22,25)(H,23,27). The first-order chi connectivity index (χ1) is 13.3. The van der Waals surface area contributed by atoms with Crippen molar-refractivity contribution in [2.45, 2.75) is 25.8 Å². The molecule has 3 rings (SSSR count). The fourth-order valence-electron chi connectivity index (χ4n) is 2.72. The van der Waals surface area contributed by atoms with E-state index in [4.69, 9.17) is 4.74 Å². The van der Waals surface area contributed by atoms with Gasteiger partial charge in [-0.05, 0) is 56.3 Å². The summed E-state index contributed by atoms with van der Waals surface area (Å²) in [6, 6.07) is 11.5. The molecule has 0 atom stereocenters. The lowest BCUT2D eigenvalue weighted by atomic mass is 10.1. The van der Waals surface area contributed by atoms with Crippen molar-refractivity contribution in [3.05, 3.63) is 54.3 Å². The molecular weight excluding hydrogens is 365 g/mol. The Balaban J connectivity index is 1.58. The van der Waals surface area contributed by atoms with Crippen LogP contribution in [0.3, 0.4) is 0 Å². The van der Waals surface area contributed by atoms with E-state index in [0.29, 0.717) is 17.1 Å². The van der Waals surface area contributed by atoms with E-state index in [0.717, 1.165) is 4.90 Å². The number of rotatable bonds is 6. The first kappa shape index (κ1) is 19.3. The first-order valence-electron chi connectivity index (χ1n) is 8.71. The van der Waals surface area contributed by atoms with E-state index in [1.54, 1.807) is 38.1 Å². The lowest BCUT2D eigenvalue weighted by Gasteiger charge is -2.16. The summed E-state index contributed by atoms with van der Waals surface area (Å²) in [4.78, 5) is 37.6. The minimum Gasteiger partial charge on any atom is -0.493 e. The molecule has 2 N–H and O–H groups in total. The van der Waals surface area contributed by atoms with Gasteiger partial charge >= 0.3 is 6.03 Å². The number of imide groups is 1. The number of benzene rings is 2. The maximum atomic E-state index is 12.8. The summed E-state index contributed by atoms with van der Waals surface area (Å²) in [7, 11) is 0. The minimum absolute atomic E-state index is 0.0811. The molecule has 8 heteroatoms. The second-order valence-electron chi connectivity index (χ2n) is 6.85. The van der Waals surface area contributed by atoms with Crippen LogP contribution in [0.15, 0.2) is 48.5 Å². The van der Waals surface area contributed by atoms with Crippen molar-refractivity contribution in [2.75, 3.05) is 16.8 Å². The largest absolute Gasteiger partial charge is 0.493 e. The lowest BCUT2D eigenvalue weighted by molar-refractivity contribution is -0.121. The van der Waals surface area contributed by atoms with Crippen molar-refractivity contribution < 1.29 is 23.5 Å². The second kappa shape index (κ2) is 7.67. The van der Waals surface area contributed by atoms with Gasteiger partial charge in [-0.25, -0.2) is 14.1 Å². The zero-order chi connectivity index (χ0) is 20.3. The second-order valence-corrected chi connectivity index (χ2v) is 6.85. The van der Waals surface area contributed by atoms with Gasteiger partial charge in [-0.2, -0.15) is 0 Å². The molecule has 2 aromatic carbocycles. The van der Waals surface area contributed by atoms with E-state index in [9.17, 15) is 18.8 Å². The SMILES string of the molecule is CC1(C)NC(=O)N(c2cccc(NC(=O)CCOc3ccc(F)cc3)c2)C1=O. The predicted octanol–water partition coefficient (Wildman–Crippen LogP) is 3.07. The van der Waals surface area contributed by atoms with Crippen molar-refractivity contribution in [1.29, 1.82) is 0 Å². The molecule has 2 aromatic rings. The van der Waals surface area contributed by atoms with Gasteiger partial charge in [0.15, 0.2) is 0 Å². The Bertz CT molecular complexity index is 912. The molecule has 0 bridgehead atoms. The Hall–Kier alpha value is -3.42. The molecule has 1 aliphatic rings. The monoisotopic (exact) mass is 385 g/mol. The number of nitrogens with one attached hydrogen (secondary N) is 2. The predicted molar refractivity (Wildman–Crippen MR) is 102 cm³/mol. The zero-order valence-electron chi connectivity index (χ0n) is 15.5. The van der Waals surface area contributed by atoms with Crippen molar-refractivity contribution in [3.63, 3.8) is 0 Å². The van der Waals surface area contributed by atoms with Crippen LogP contribution in [0, 0.1) is 5.82 Å². The molecule has 0 radical (unpaired) electrons. The summed E-state index contributed by atoms with van der Waals surface area (Å²) in [6.45, 7) is 3.37. The molecule has 1 heterocycles. The average Bonchev–Trinajstić information content (AvgIpc) is 2.84. The van der Waals surface area contributed by atoms with Crippen LogP contribution in [0.25, 0.3) is 0 Å². The molecule has 146 valence electrons. The normalized spacial score (nSPS) is 15.3. The number of ether oxygens (including phenoxy) is 1. The fraction of sp³-hybridized carbons (Fsp3) is 0.250. The number of hydrogen-bond acceptors (Lipinski definition) is 4. The van der Waals surface area contributed by atoms with Gasteiger partial charge in [-0.3, -0.25) is 9.59 Å². The van der Waals surface area contributed by atoms with E-state index in [1.807, 2.05) is 0 Å². The van der Waals surface area contributed by atoms with Gasteiger partial charge in [-0.1, -0.05) is 6.07 Å². The molecular formula is C20H20FN3O4. The Labute approximate surface area is 161 Å². The smallest absolute Gasteiger partial charge is 0.329 e. The molecule has 7 nitrogen and oxygen atoms in total. The van der Waals surface area contributed by atoms with Crippen molar-refractivity contribution in [1.82, 2.24) is 5.32 Å². The third-order valence-electron chi connectivity index (χ3n) is 4.16. The van der Waals surface area contributed by atoms with Crippen molar-refractivity contribution in [2.24, 2.45) is 0 Å². The van der Waals surface area contributed by atoms with E-state index in [1.165, 1.54) is 24.3 Å². The van der Waals surface area contributed by atoms with Crippen LogP contribution in [0.4, 0.5) is 20.6 Å². The van der Waals surface area contributed by atoms with Crippen molar-refractivity contribution in [3.8, 4) is 5.75 Å². The van der Waals surface area contributed by atoms with Gasteiger partial charge < -0.3 is 15.4 Å². The minimum atomic E-state index is -0.978. The highest BCUT2D eigenvalue weighted by atomic mass is 19.1. The van der Waals surface area contributed by atoms with Crippen LogP contribution in [-0.2, 0) is 9.59 Å². The number of amides is 4. The lowest BCUT2D eigenvalue weighted by Crippen LogP contribution is -2.40. The van der Waals surface area contributed by atoms with Gasteiger partial charge in [0.05, 0.1) is 18.7 Å². The summed E-state index contributed by atoms with van der Waals surface area (Å²) >= 11 is 0. The third kappa shape index (κ3) is 4.28. The summed E-state index contributed by atoms with van der Waals surface area (Å²) < 4.78 is 18.2. The summed E-state index contributed by atoms with van der Waals surface area (Å²) in [5.41, 5.74) is -0.156. The number of anilines is 2. The number of nitrogens with zero attached hydrogens (tertiary/aromatic N) is 1. The van der Waals surface area contributed by atoms with E-state index >= 15 is 0 Å². The molecule has 4 amide bonds. The Morgan fingerprint density at radius 3 is 2.54 bits per heavy atom. The van der Waals surface area contributed by atoms with Gasteiger partial charge in [0.25, 0.3) is 5.91 Å². The van der Waals surface area contributed by atoms with Gasteiger partial charge in [0.2, 0.25) is 5.91 Å². The van der Waals surface area contributed by atoms with Crippen LogP contribution >= 0.6 is 0 Å². The van der Waals surface area contributed by atoms with E-state index in [2.05, 4.69) is 10.6 Å². The highest BCUT2D eigenvalue weighted by Gasteiger charge is 2.45. The van der Waals surface area contributed by atoms with E-state index in [-0.39, 0.29) is 30.7 Å². The summed E-state index contributed by atoms with van der Waals surface area (Å²) in [6.07, 6.45) is 0.0811. The van der Waals surface area contributed by atoms with Crippen LogP contribution in [0.5, 0.6) is 5.75 Å². The number of carbonyl (C=O) groups excluding carboxylic acids is 3. The molecule has 1 saturated heterocycles. The molecule has 1 fully saturated rings. The molecule has 0 unspecified atom stereocenters.